The highest BCUT2D eigenvalue weighted by atomic mass is 16.5. The van der Waals surface area contributed by atoms with Crippen molar-refractivity contribution < 1.29 is 9.32 Å². The standard InChI is InChI=1S/C14H11N3O2/c1-9-8-12(19-17-9)14(18)16-11-6-2-4-10-5-3-7-15-13(10)11/h2-8H,1H3,(H,16,18). The quantitative estimate of drug-likeness (QED) is 0.762. The van der Waals surface area contributed by atoms with Crippen molar-refractivity contribution in [2.24, 2.45) is 0 Å². The molecular weight excluding hydrogens is 242 g/mol. The van der Waals surface area contributed by atoms with Crippen LogP contribution >= 0.6 is 0 Å². The predicted molar refractivity (Wildman–Crippen MR) is 70.9 cm³/mol. The maximum absolute atomic E-state index is 12.0. The number of aromatic nitrogens is 2. The minimum Gasteiger partial charge on any atom is -0.351 e. The van der Waals surface area contributed by atoms with Gasteiger partial charge in [0.25, 0.3) is 5.91 Å². The highest BCUT2D eigenvalue weighted by molar-refractivity contribution is 6.06. The van der Waals surface area contributed by atoms with E-state index in [4.69, 9.17) is 4.52 Å². The molecule has 0 aliphatic rings. The summed E-state index contributed by atoms with van der Waals surface area (Å²) in [4.78, 5) is 16.3. The summed E-state index contributed by atoms with van der Waals surface area (Å²) in [5.41, 5.74) is 2.06. The van der Waals surface area contributed by atoms with Gasteiger partial charge in [0, 0.05) is 17.6 Å². The van der Waals surface area contributed by atoms with Crippen LogP contribution in [0.1, 0.15) is 16.2 Å². The molecule has 19 heavy (non-hydrogen) atoms. The molecule has 2 aromatic heterocycles. The molecule has 0 unspecified atom stereocenters. The van der Waals surface area contributed by atoms with E-state index in [2.05, 4.69) is 15.5 Å². The highest BCUT2D eigenvalue weighted by Gasteiger charge is 2.13. The Morgan fingerprint density at radius 2 is 2.11 bits per heavy atom. The molecule has 3 rings (SSSR count). The molecule has 2 heterocycles. The summed E-state index contributed by atoms with van der Waals surface area (Å²) in [7, 11) is 0. The van der Waals surface area contributed by atoms with Gasteiger partial charge in [-0.3, -0.25) is 9.78 Å². The second kappa shape index (κ2) is 4.53. The number of aryl methyl sites for hydroxylation is 1. The Kier molecular flexibility index (Phi) is 2.72. The number of pyridine rings is 1. The Labute approximate surface area is 109 Å². The predicted octanol–water partition coefficient (Wildman–Crippen LogP) is 2.78. The molecule has 94 valence electrons. The Bertz CT molecular complexity index is 744. The fourth-order valence-corrected chi connectivity index (χ4v) is 1.86. The number of hydrogen-bond donors (Lipinski definition) is 1. The van der Waals surface area contributed by atoms with E-state index in [9.17, 15) is 4.79 Å². The summed E-state index contributed by atoms with van der Waals surface area (Å²) >= 11 is 0. The molecule has 3 aromatic rings. The third-order valence-corrected chi connectivity index (χ3v) is 2.73. The minimum atomic E-state index is -0.334. The lowest BCUT2D eigenvalue weighted by molar-refractivity contribution is 0.0988. The van der Waals surface area contributed by atoms with Crippen LogP contribution in [-0.4, -0.2) is 16.0 Å². The van der Waals surface area contributed by atoms with E-state index < -0.39 is 0 Å². The number of nitrogens with zero attached hydrogens (tertiary/aromatic N) is 2. The first-order chi connectivity index (χ1) is 9.24. The molecule has 0 saturated carbocycles. The first kappa shape index (κ1) is 11.4. The monoisotopic (exact) mass is 253 g/mol. The largest absolute Gasteiger partial charge is 0.351 e. The zero-order valence-corrected chi connectivity index (χ0v) is 10.3. The van der Waals surface area contributed by atoms with Crippen molar-refractivity contribution in [2.45, 2.75) is 6.92 Å². The van der Waals surface area contributed by atoms with Gasteiger partial charge >= 0.3 is 0 Å². The van der Waals surface area contributed by atoms with Crippen molar-refractivity contribution in [1.29, 1.82) is 0 Å². The number of rotatable bonds is 2. The van der Waals surface area contributed by atoms with Crippen LogP contribution in [0.2, 0.25) is 0 Å². The van der Waals surface area contributed by atoms with Gasteiger partial charge in [-0.1, -0.05) is 23.4 Å². The Morgan fingerprint density at radius 1 is 1.26 bits per heavy atom. The summed E-state index contributed by atoms with van der Waals surface area (Å²) in [6.07, 6.45) is 1.69. The molecule has 0 fully saturated rings. The summed E-state index contributed by atoms with van der Waals surface area (Å²) < 4.78 is 4.93. The zero-order chi connectivity index (χ0) is 13.2. The van der Waals surface area contributed by atoms with E-state index in [1.54, 1.807) is 25.3 Å². The summed E-state index contributed by atoms with van der Waals surface area (Å²) in [5.74, 6) is -0.149. The second-order valence-electron chi connectivity index (χ2n) is 4.17. The van der Waals surface area contributed by atoms with Crippen LogP contribution in [0, 0.1) is 6.92 Å². The van der Waals surface area contributed by atoms with E-state index in [0.717, 1.165) is 10.9 Å². The molecule has 5 heteroatoms. The van der Waals surface area contributed by atoms with Gasteiger partial charge in [0.2, 0.25) is 5.76 Å². The third kappa shape index (κ3) is 2.18. The van der Waals surface area contributed by atoms with Gasteiger partial charge in [0.15, 0.2) is 0 Å². The first-order valence-electron chi connectivity index (χ1n) is 5.82. The van der Waals surface area contributed by atoms with E-state index in [0.29, 0.717) is 11.4 Å². The molecule has 0 atom stereocenters. The molecule has 0 bridgehead atoms. The molecule has 0 aliphatic carbocycles. The van der Waals surface area contributed by atoms with Gasteiger partial charge in [0.1, 0.15) is 0 Å². The fourth-order valence-electron chi connectivity index (χ4n) is 1.86. The average molecular weight is 253 g/mol. The van der Waals surface area contributed by atoms with Crippen LogP contribution in [0.5, 0.6) is 0 Å². The van der Waals surface area contributed by atoms with E-state index >= 15 is 0 Å². The van der Waals surface area contributed by atoms with Crippen LogP contribution < -0.4 is 5.32 Å². The van der Waals surface area contributed by atoms with Crippen LogP contribution in [-0.2, 0) is 0 Å². The minimum absolute atomic E-state index is 0.186. The van der Waals surface area contributed by atoms with Gasteiger partial charge < -0.3 is 9.84 Å². The highest BCUT2D eigenvalue weighted by Crippen LogP contribution is 2.21. The van der Waals surface area contributed by atoms with Crippen molar-refractivity contribution in [1.82, 2.24) is 10.1 Å². The number of amides is 1. The molecular formula is C14H11N3O2. The van der Waals surface area contributed by atoms with Crippen LogP contribution in [0.4, 0.5) is 5.69 Å². The number of fused-ring (bicyclic) bond motifs is 1. The Balaban J connectivity index is 1.95. The van der Waals surface area contributed by atoms with Gasteiger partial charge in [0.05, 0.1) is 16.9 Å². The topological polar surface area (TPSA) is 68.0 Å². The van der Waals surface area contributed by atoms with Crippen molar-refractivity contribution >= 4 is 22.5 Å². The van der Waals surface area contributed by atoms with Crippen LogP contribution in [0.15, 0.2) is 47.1 Å². The lowest BCUT2D eigenvalue weighted by Crippen LogP contribution is -2.11. The number of nitrogens with one attached hydrogen (secondary N) is 1. The maximum Gasteiger partial charge on any atom is 0.294 e. The number of carbonyl (C=O) groups excluding carboxylic acids is 1. The lowest BCUT2D eigenvalue weighted by Gasteiger charge is -2.05. The van der Waals surface area contributed by atoms with Gasteiger partial charge in [-0.05, 0) is 19.1 Å². The lowest BCUT2D eigenvalue weighted by atomic mass is 10.2. The van der Waals surface area contributed by atoms with Gasteiger partial charge in [-0.15, -0.1) is 0 Å². The number of para-hydroxylation sites is 1. The van der Waals surface area contributed by atoms with Crippen molar-refractivity contribution in [3.05, 3.63) is 54.0 Å². The van der Waals surface area contributed by atoms with Gasteiger partial charge in [-0.25, -0.2) is 0 Å². The van der Waals surface area contributed by atoms with Crippen molar-refractivity contribution in [2.75, 3.05) is 5.32 Å². The second-order valence-corrected chi connectivity index (χ2v) is 4.17. The summed E-state index contributed by atoms with van der Waals surface area (Å²) in [5, 5.41) is 7.44. The summed E-state index contributed by atoms with van der Waals surface area (Å²) in [6.45, 7) is 1.76. The average Bonchev–Trinajstić information content (AvgIpc) is 2.86. The number of carbonyl (C=O) groups is 1. The fraction of sp³-hybridized carbons (Fsp3) is 0.0714. The van der Waals surface area contributed by atoms with Crippen LogP contribution in [0.25, 0.3) is 10.9 Å². The SMILES string of the molecule is Cc1cc(C(=O)Nc2cccc3cccnc23)on1. The van der Waals surface area contributed by atoms with E-state index in [1.807, 2.05) is 24.3 Å². The molecule has 0 spiro atoms. The normalized spacial score (nSPS) is 10.6. The van der Waals surface area contributed by atoms with Gasteiger partial charge in [-0.2, -0.15) is 0 Å². The van der Waals surface area contributed by atoms with E-state index in [1.165, 1.54) is 0 Å². The molecule has 5 nitrogen and oxygen atoms in total. The van der Waals surface area contributed by atoms with Crippen molar-refractivity contribution in [3.8, 4) is 0 Å². The maximum atomic E-state index is 12.0. The summed E-state index contributed by atoms with van der Waals surface area (Å²) in [6, 6.07) is 11.0. The van der Waals surface area contributed by atoms with Crippen LogP contribution in [0.3, 0.4) is 0 Å². The number of hydrogen-bond acceptors (Lipinski definition) is 4. The Hall–Kier alpha value is -2.69. The number of benzene rings is 1. The smallest absolute Gasteiger partial charge is 0.294 e. The molecule has 0 aliphatic heterocycles. The molecule has 0 radical (unpaired) electrons. The molecule has 1 N–H and O–H groups in total. The first-order valence-corrected chi connectivity index (χ1v) is 5.82. The molecule has 1 aromatic carbocycles. The van der Waals surface area contributed by atoms with E-state index in [-0.39, 0.29) is 11.7 Å². The molecule has 1 amide bonds. The molecule has 0 saturated heterocycles. The van der Waals surface area contributed by atoms with Crippen molar-refractivity contribution in [3.63, 3.8) is 0 Å². The Morgan fingerprint density at radius 3 is 2.89 bits per heavy atom. The zero-order valence-electron chi connectivity index (χ0n) is 10.3. The number of anilines is 1. The third-order valence-electron chi connectivity index (χ3n) is 2.73.